The van der Waals surface area contributed by atoms with E-state index in [9.17, 15) is 4.79 Å². The molecular formula is C20H21NO2. The number of aryl methyl sites for hydroxylation is 4. The van der Waals surface area contributed by atoms with E-state index < -0.39 is 0 Å². The molecule has 1 heterocycles. The van der Waals surface area contributed by atoms with Gasteiger partial charge in [-0.25, -0.2) is 4.79 Å². The normalized spacial score (nSPS) is 10.9. The predicted octanol–water partition coefficient (Wildman–Crippen LogP) is 4.36. The van der Waals surface area contributed by atoms with Gasteiger partial charge in [-0.2, -0.15) is 0 Å². The largest absolute Gasteiger partial charge is 0.465 e. The van der Waals surface area contributed by atoms with Crippen LogP contribution in [0.1, 0.15) is 32.7 Å². The highest BCUT2D eigenvalue weighted by Crippen LogP contribution is 2.27. The van der Waals surface area contributed by atoms with Crippen LogP contribution in [-0.2, 0) is 17.6 Å². The lowest BCUT2D eigenvalue weighted by Gasteiger charge is -2.06. The van der Waals surface area contributed by atoms with Crippen LogP contribution in [0.15, 0.2) is 42.5 Å². The molecule has 0 unspecified atom stereocenters. The zero-order valence-electron chi connectivity index (χ0n) is 13.8. The molecule has 0 aliphatic heterocycles. The van der Waals surface area contributed by atoms with Crippen LogP contribution in [0.25, 0.3) is 10.9 Å². The summed E-state index contributed by atoms with van der Waals surface area (Å²) in [7, 11) is 1.42. The topological polar surface area (TPSA) is 42.1 Å². The van der Waals surface area contributed by atoms with Crippen LogP contribution in [0.4, 0.5) is 0 Å². The Balaban J connectivity index is 1.99. The number of fused-ring (bicyclic) bond motifs is 1. The quantitative estimate of drug-likeness (QED) is 0.728. The molecule has 3 aromatic rings. The lowest BCUT2D eigenvalue weighted by atomic mass is 9.99. The number of H-pyrrole nitrogens is 1. The van der Waals surface area contributed by atoms with Crippen LogP contribution in [0, 0.1) is 13.8 Å². The van der Waals surface area contributed by atoms with E-state index in [1.54, 1.807) is 0 Å². The average molecular weight is 307 g/mol. The van der Waals surface area contributed by atoms with E-state index in [0.717, 1.165) is 35.0 Å². The van der Waals surface area contributed by atoms with Gasteiger partial charge in [0.25, 0.3) is 0 Å². The predicted molar refractivity (Wildman–Crippen MR) is 93.0 cm³/mol. The van der Waals surface area contributed by atoms with E-state index in [1.165, 1.54) is 18.2 Å². The highest BCUT2D eigenvalue weighted by atomic mass is 16.5. The third-order valence-corrected chi connectivity index (χ3v) is 4.38. The van der Waals surface area contributed by atoms with Crippen LogP contribution in [-0.4, -0.2) is 18.1 Å². The van der Waals surface area contributed by atoms with E-state index in [1.807, 2.05) is 25.1 Å². The molecule has 0 aliphatic carbocycles. The number of hydrogen-bond donors (Lipinski definition) is 1. The Kier molecular flexibility index (Phi) is 4.20. The molecule has 0 saturated carbocycles. The van der Waals surface area contributed by atoms with Gasteiger partial charge in [0, 0.05) is 16.6 Å². The molecule has 0 atom stereocenters. The lowest BCUT2D eigenvalue weighted by Crippen LogP contribution is -2.03. The summed E-state index contributed by atoms with van der Waals surface area (Å²) < 4.78 is 4.89. The summed E-state index contributed by atoms with van der Waals surface area (Å²) in [6.45, 7) is 4.03. The highest BCUT2D eigenvalue weighted by molar-refractivity contribution is 5.97. The fraction of sp³-hybridized carbons (Fsp3) is 0.250. The molecule has 3 heteroatoms. The van der Waals surface area contributed by atoms with Crippen LogP contribution in [0.2, 0.25) is 0 Å². The molecule has 0 amide bonds. The van der Waals surface area contributed by atoms with Crippen molar-refractivity contribution in [3.8, 4) is 0 Å². The maximum absolute atomic E-state index is 11.9. The van der Waals surface area contributed by atoms with Gasteiger partial charge in [-0.15, -0.1) is 0 Å². The number of carbonyl (C=O) groups is 1. The molecule has 1 aromatic heterocycles. The molecule has 118 valence electrons. The summed E-state index contributed by atoms with van der Waals surface area (Å²) in [5, 5.41) is 1.12. The first-order valence-corrected chi connectivity index (χ1v) is 7.84. The van der Waals surface area contributed by atoms with Crippen molar-refractivity contribution in [3.63, 3.8) is 0 Å². The highest BCUT2D eigenvalue weighted by Gasteiger charge is 2.15. The van der Waals surface area contributed by atoms with E-state index in [4.69, 9.17) is 4.74 Å². The molecule has 1 N–H and O–H groups in total. The minimum Gasteiger partial charge on any atom is -0.465 e. The van der Waals surface area contributed by atoms with Crippen molar-refractivity contribution in [2.45, 2.75) is 26.7 Å². The smallest absolute Gasteiger partial charge is 0.338 e. The van der Waals surface area contributed by atoms with Crippen LogP contribution < -0.4 is 0 Å². The van der Waals surface area contributed by atoms with E-state index in [0.29, 0.717) is 5.56 Å². The molecule has 3 nitrogen and oxygen atoms in total. The number of rotatable bonds is 4. The molecule has 3 rings (SSSR count). The number of methoxy groups -OCH3 is 1. The molecule has 23 heavy (non-hydrogen) atoms. The van der Waals surface area contributed by atoms with Gasteiger partial charge in [0.05, 0.1) is 12.7 Å². The average Bonchev–Trinajstić information content (AvgIpc) is 2.86. The Labute approximate surface area is 136 Å². The first-order valence-electron chi connectivity index (χ1n) is 7.84. The third-order valence-electron chi connectivity index (χ3n) is 4.38. The lowest BCUT2D eigenvalue weighted by molar-refractivity contribution is 0.0600. The first kappa shape index (κ1) is 15.3. The zero-order chi connectivity index (χ0) is 16.4. The van der Waals surface area contributed by atoms with Gasteiger partial charge >= 0.3 is 5.97 Å². The van der Waals surface area contributed by atoms with E-state index in [2.05, 4.69) is 36.2 Å². The maximum Gasteiger partial charge on any atom is 0.338 e. The molecule has 0 saturated heterocycles. The Hall–Kier alpha value is -2.55. The standard InChI is InChI=1S/C20H21NO2/c1-13-11-19-18(12-17(13)20(22)23-3)16(14(2)21-19)10-9-15-7-5-4-6-8-15/h4-8,11-12,21H,9-10H2,1-3H3. The number of ether oxygens (including phenoxy) is 1. The monoisotopic (exact) mass is 307 g/mol. The van der Waals surface area contributed by atoms with Crippen molar-refractivity contribution in [1.29, 1.82) is 0 Å². The molecule has 0 spiro atoms. The summed E-state index contributed by atoms with van der Waals surface area (Å²) in [5.74, 6) is -0.280. The van der Waals surface area contributed by atoms with Gasteiger partial charge in [0.15, 0.2) is 0 Å². The molecule has 2 aromatic carbocycles. The van der Waals surface area contributed by atoms with E-state index in [-0.39, 0.29) is 5.97 Å². The molecule has 0 aliphatic rings. The van der Waals surface area contributed by atoms with Crippen LogP contribution in [0.5, 0.6) is 0 Å². The van der Waals surface area contributed by atoms with Crippen molar-refractivity contribution in [2.24, 2.45) is 0 Å². The summed E-state index contributed by atoms with van der Waals surface area (Å²) in [4.78, 5) is 15.4. The van der Waals surface area contributed by atoms with Crippen molar-refractivity contribution < 1.29 is 9.53 Å². The number of aromatic amines is 1. The Morgan fingerprint density at radius 2 is 1.83 bits per heavy atom. The van der Waals surface area contributed by atoms with Gasteiger partial charge in [0.1, 0.15) is 0 Å². The summed E-state index contributed by atoms with van der Waals surface area (Å²) in [6, 6.07) is 14.4. The number of hydrogen-bond acceptors (Lipinski definition) is 2. The number of benzene rings is 2. The van der Waals surface area contributed by atoms with Crippen LogP contribution >= 0.6 is 0 Å². The van der Waals surface area contributed by atoms with E-state index >= 15 is 0 Å². The minimum atomic E-state index is -0.280. The molecular weight excluding hydrogens is 286 g/mol. The van der Waals surface area contributed by atoms with Crippen molar-refractivity contribution in [1.82, 2.24) is 4.98 Å². The Morgan fingerprint density at radius 3 is 2.52 bits per heavy atom. The van der Waals surface area contributed by atoms with Crippen molar-refractivity contribution in [3.05, 3.63) is 70.4 Å². The van der Waals surface area contributed by atoms with Crippen molar-refractivity contribution >= 4 is 16.9 Å². The Morgan fingerprint density at radius 1 is 1.09 bits per heavy atom. The third kappa shape index (κ3) is 3.00. The second-order valence-electron chi connectivity index (χ2n) is 5.92. The number of esters is 1. The van der Waals surface area contributed by atoms with Gasteiger partial charge in [0.2, 0.25) is 0 Å². The zero-order valence-corrected chi connectivity index (χ0v) is 13.8. The van der Waals surface area contributed by atoms with Gasteiger partial charge in [-0.1, -0.05) is 30.3 Å². The van der Waals surface area contributed by atoms with Crippen LogP contribution in [0.3, 0.4) is 0 Å². The summed E-state index contributed by atoms with van der Waals surface area (Å²) in [6.07, 6.45) is 1.93. The Bertz CT molecular complexity index is 847. The fourth-order valence-electron chi connectivity index (χ4n) is 3.11. The summed E-state index contributed by atoms with van der Waals surface area (Å²) >= 11 is 0. The first-order chi connectivity index (χ1) is 11.1. The van der Waals surface area contributed by atoms with Gasteiger partial charge < -0.3 is 9.72 Å². The van der Waals surface area contributed by atoms with Crippen molar-refractivity contribution in [2.75, 3.05) is 7.11 Å². The maximum atomic E-state index is 11.9. The second-order valence-corrected chi connectivity index (χ2v) is 5.92. The molecule has 0 fully saturated rings. The molecule has 0 radical (unpaired) electrons. The SMILES string of the molecule is COC(=O)c1cc2c(CCc3ccccc3)c(C)[nH]c2cc1C. The minimum absolute atomic E-state index is 0.280. The second kappa shape index (κ2) is 6.29. The molecule has 0 bridgehead atoms. The van der Waals surface area contributed by atoms with Gasteiger partial charge in [-0.05, 0) is 55.5 Å². The number of nitrogens with one attached hydrogen (secondary N) is 1. The van der Waals surface area contributed by atoms with Gasteiger partial charge in [-0.3, -0.25) is 0 Å². The number of aromatic nitrogens is 1. The fourth-order valence-corrected chi connectivity index (χ4v) is 3.11. The number of carbonyl (C=O) groups excluding carboxylic acids is 1. The summed E-state index contributed by atoms with van der Waals surface area (Å²) in [5.41, 5.74) is 6.41.